The van der Waals surface area contributed by atoms with Crippen LogP contribution < -0.4 is 0 Å². The van der Waals surface area contributed by atoms with E-state index in [4.69, 9.17) is 0 Å². The number of sulfone groups is 1. The molecule has 0 amide bonds. The molecule has 1 atom stereocenters. The highest BCUT2D eigenvalue weighted by Gasteiger charge is 2.25. The third-order valence-corrected chi connectivity index (χ3v) is 8.34. The minimum Gasteiger partial charge on any atom is -0.604 e. The van der Waals surface area contributed by atoms with Crippen molar-refractivity contribution in [2.75, 3.05) is 0 Å². The number of rotatable bonds is 5. The van der Waals surface area contributed by atoms with Crippen LogP contribution in [0.2, 0.25) is 0 Å². The molecule has 6 nitrogen and oxygen atoms in total. The molecule has 0 aliphatic rings. The van der Waals surface area contributed by atoms with Gasteiger partial charge in [0.2, 0.25) is 9.84 Å². The second-order valence-electron chi connectivity index (χ2n) is 7.52. The number of benzene rings is 3. The summed E-state index contributed by atoms with van der Waals surface area (Å²) < 4.78 is 39.5. The number of H-pyrrole nitrogens is 1. The van der Waals surface area contributed by atoms with Gasteiger partial charge in [0, 0.05) is 6.20 Å². The quantitative estimate of drug-likeness (QED) is 0.365. The van der Waals surface area contributed by atoms with Gasteiger partial charge in [-0.3, -0.25) is 9.97 Å². The van der Waals surface area contributed by atoms with Crippen LogP contribution in [0.1, 0.15) is 5.56 Å². The third kappa shape index (κ3) is 4.04. The number of hydrogen-bond donors (Lipinski definition) is 1. The van der Waals surface area contributed by atoms with E-state index in [0.717, 1.165) is 11.1 Å². The summed E-state index contributed by atoms with van der Waals surface area (Å²) in [4.78, 5) is 12.8. The normalized spacial score (nSPS) is 12.7. The van der Waals surface area contributed by atoms with Crippen LogP contribution in [0.15, 0.2) is 111 Å². The van der Waals surface area contributed by atoms with Crippen LogP contribution in [0.3, 0.4) is 0 Å². The molecule has 8 heteroatoms. The Balaban J connectivity index is 1.53. The Hall–Kier alpha value is -3.46. The number of fused-ring (bicyclic) bond motifs is 1. The number of nitrogens with zero attached hydrogens (tertiary/aromatic N) is 2. The minimum absolute atomic E-state index is 0.136. The fourth-order valence-corrected chi connectivity index (χ4v) is 5.98. The highest BCUT2D eigenvalue weighted by atomic mass is 32.2. The van der Waals surface area contributed by atoms with Gasteiger partial charge >= 0.3 is 5.16 Å². The van der Waals surface area contributed by atoms with E-state index in [0.29, 0.717) is 21.6 Å². The second-order valence-corrected chi connectivity index (χ2v) is 10.8. The molecule has 164 valence electrons. The molecule has 5 rings (SSSR count). The largest absolute Gasteiger partial charge is 0.604 e. The van der Waals surface area contributed by atoms with Crippen LogP contribution in [0, 0.1) is 6.92 Å². The van der Waals surface area contributed by atoms with Gasteiger partial charge in [0.25, 0.3) is 0 Å². The van der Waals surface area contributed by atoms with Gasteiger partial charge < -0.3 is 4.55 Å². The van der Waals surface area contributed by atoms with Crippen LogP contribution >= 0.6 is 0 Å². The zero-order chi connectivity index (χ0) is 23.0. The van der Waals surface area contributed by atoms with Crippen LogP contribution in [-0.4, -0.2) is 27.9 Å². The van der Waals surface area contributed by atoms with Crippen molar-refractivity contribution in [3.8, 4) is 11.3 Å². The molecule has 0 fully saturated rings. The lowest BCUT2D eigenvalue weighted by Crippen LogP contribution is -2.06. The monoisotopic (exact) mass is 473 g/mol. The lowest BCUT2D eigenvalue weighted by atomic mass is 10.1. The maximum atomic E-state index is 13.4. The van der Waals surface area contributed by atoms with E-state index in [2.05, 4.69) is 15.0 Å². The lowest BCUT2D eigenvalue weighted by molar-refractivity contribution is 0.588. The number of nitrogens with one attached hydrogen (secondary N) is 1. The van der Waals surface area contributed by atoms with Gasteiger partial charge in [0.1, 0.15) is 0 Å². The fourth-order valence-electron chi connectivity index (χ4n) is 3.54. The molecular formula is C25H19N3O3S2. The Morgan fingerprint density at radius 2 is 1.61 bits per heavy atom. The van der Waals surface area contributed by atoms with Crippen LogP contribution in [-0.2, 0) is 21.0 Å². The molecule has 3 aromatic carbocycles. The average molecular weight is 474 g/mol. The number of hydrogen-bond acceptors (Lipinski definition) is 5. The molecular weight excluding hydrogens is 454 g/mol. The molecule has 0 saturated carbocycles. The van der Waals surface area contributed by atoms with Gasteiger partial charge in [-0.25, -0.2) is 8.42 Å². The molecule has 0 bridgehead atoms. The molecule has 1 unspecified atom stereocenters. The van der Waals surface area contributed by atoms with Gasteiger partial charge in [0.05, 0.1) is 43.3 Å². The molecule has 0 aliphatic carbocycles. The molecule has 0 saturated heterocycles. The predicted molar refractivity (Wildman–Crippen MR) is 127 cm³/mol. The Kier molecular flexibility index (Phi) is 5.49. The molecule has 33 heavy (non-hydrogen) atoms. The van der Waals surface area contributed by atoms with E-state index in [9.17, 15) is 13.0 Å². The maximum Gasteiger partial charge on any atom is 0.327 e. The summed E-state index contributed by atoms with van der Waals surface area (Å²) in [6, 6.07) is 24.3. The van der Waals surface area contributed by atoms with Crippen molar-refractivity contribution in [2.45, 2.75) is 26.8 Å². The van der Waals surface area contributed by atoms with Crippen LogP contribution in [0.25, 0.3) is 22.3 Å². The average Bonchev–Trinajstić information content (AvgIpc) is 3.28. The second kappa shape index (κ2) is 8.47. The lowest BCUT2D eigenvalue weighted by Gasteiger charge is -2.10. The number of imidazole rings is 1. The van der Waals surface area contributed by atoms with Crippen LogP contribution in [0.4, 0.5) is 0 Å². The smallest absolute Gasteiger partial charge is 0.327 e. The molecule has 0 aliphatic heterocycles. The Morgan fingerprint density at radius 1 is 0.879 bits per heavy atom. The topological polar surface area (TPSA) is 98.8 Å². The van der Waals surface area contributed by atoms with Crippen molar-refractivity contribution in [3.05, 3.63) is 96.7 Å². The van der Waals surface area contributed by atoms with Gasteiger partial charge in [-0.05, 0) is 61.5 Å². The van der Waals surface area contributed by atoms with E-state index >= 15 is 0 Å². The zero-order valence-corrected chi connectivity index (χ0v) is 19.2. The molecule has 0 spiro atoms. The fraction of sp³-hybridized carbons (Fsp3) is 0.0400. The summed E-state index contributed by atoms with van der Waals surface area (Å²) in [5.41, 5.74) is 3.48. The van der Waals surface area contributed by atoms with Crippen molar-refractivity contribution in [3.63, 3.8) is 0 Å². The van der Waals surface area contributed by atoms with E-state index < -0.39 is 21.0 Å². The Bertz CT molecular complexity index is 1550. The molecule has 2 aromatic heterocycles. The third-order valence-electron chi connectivity index (χ3n) is 5.28. The Labute approximate surface area is 194 Å². The zero-order valence-electron chi connectivity index (χ0n) is 17.6. The van der Waals surface area contributed by atoms with E-state index in [1.165, 1.54) is 12.1 Å². The van der Waals surface area contributed by atoms with Crippen molar-refractivity contribution in [1.82, 2.24) is 15.0 Å². The summed E-state index contributed by atoms with van der Waals surface area (Å²) in [6.45, 7) is 1.90. The first-order valence-corrected chi connectivity index (χ1v) is 12.8. The van der Waals surface area contributed by atoms with Crippen LogP contribution in [0.5, 0.6) is 0 Å². The highest BCUT2D eigenvalue weighted by Crippen LogP contribution is 2.31. The highest BCUT2D eigenvalue weighted by molar-refractivity contribution is 7.91. The molecule has 2 heterocycles. The van der Waals surface area contributed by atoms with Crippen molar-refractivity contribution < 1.29 is 13.0 Å². The summed E-state index contributed by atoms with van der Waals surface area (Å²) in [6.07, 6.45) is 1.69. The maximum absolute atomic E-state index is 13.4. The molecule has 1 N–H and O–H groups in total. The predicted octanol–water partition coefficient (Wildman–Crippen LogP) is 4.93. The number of aryl methyl sites for hydroxylation is 1. The standard InChI is InChI=1S/C25H19N3O3S2/c1-17-9-11-18(12-10-17)33(30,31)19-13-14-22-23(16-19)28-25(27-22)32(29)24-8-3-2-6-20(24)21-7-4-5-15-26-21/h2-16H,1H3,(H,27,28). The first kappa shape index (κ1) is 21.4. The van der Waals surface area contributed by atoms with Gasteiger partial charge in [-0.2, -0.15) is 4.98 Å². The Morgan fingerprint density at radius 3 is 2.36 bits per heavy atom. The van der Waals surface area contributed by atoms with Gasteiger partial charge in [-0.1, -0.05) is 35.9 Å². The SMILES string of the molecule is Cc1ccc(S(=O)(=O)c2ccc3[nH]c([S+]([O-])c4ccccc4-c4ccccn4)nc3c2)cc1. The summed E-state index contributed by atoms with van der Waals surface area (Å²) in [5, 5.41) is 0.248. The van der Waals surface area contributed by atoms with Crippen molar-refractivity contribution in [1.29, 1.82) is 0 Å². The molecule has 0 radical (unpaired) electrons. The van der Waals surface area contributed by atoms with E-state index in [-0.39, 0.29) is 14.9 Å². The van der Waals surface area contributed by atoms with Gasteiger partial charge in [-0.15, -0.1) is 0 Å². The summed E-state index contributed by atoms with van der Waals surface area (Å²) >= 11 is -1.61. The minimum atomic E-state index is -3.69. The summed E-state index contributed by atoms with van der Waals surface area (Å²) in [5.74, 6) is 0. The number of aromatic nitrogens is 3. The molecule has 5 aromatic rings. The number of aromatic amines is 1. The van der Waals surface area contributed by atoms with E-state index in [1.54, 1.807) is 42.6 Å². The van der Waals surface area contributed by atoms with E-state index in [1.807, 2.05) is 43.3 Å². The van der Waals surface area contributed by atoms with Crippen molar-refractivity contribution >= 4 is 32.0 Å². The number of pyridine rings is 1. The summed E-state index contributed by atoms with van der Waals surface area (Å²) in [7, 11) is -3.69. The first-order chi connectivity index (χ1) is 15.9. The van der Waals surface area contributed by atoms with Crippen molar-refractivity contribution in [2.24, 2.45) is 0 Å². The van der Waals surface area contributed by atoms with Gasteiger partial charge in [0.15, 0.2) is 4.90 Å². The first-order valence-electron chi connectivity index (χ1n) is 10.2.